The van der Waals surface area contributed by atoms with E-state index in [-0.39, 0.29) is 6.17 Å². The molecular weight excluding hydrogens is 292 g/mol. The highest BCUT2D eigenvalue weighted by atomic mass is 14.8. The van der Waals surface area contributed by atoms with E-state index in [2.05, 4.69) is 32.9 Å². The fourth-order valence-corrected chi connectivity index (χ4v) is 3.58. The lowest BCUT2D eigenvalue weighted by Gasteiger charge is -2.17. The smallest absolute Gasteiger partial charge is 0.0562 e. The van der Waals surface area contributed by atoms with Crippen molar-refractivity contribution in [2.24, 2.45) is 11.5 Å². The minimum atomic E-state index is -0.253. The summed E-state index contributed by atoms with van der Waals surface area (Å²) in [6, 6.07) is 4.45. The predicted octanol–water partition coefficient (Wildman–Crippen LogP) is 5.55. The van der Waals surface area contributed by atoms with Crippen LogP contribution in [-0.4, -0.2) is 6.17 Å². The van der Waals surface area contributed by atoms with Crippen LogP contribution in [0.4, 0.5) is 0 Å². The second-order valence-corrected chi connectivity index (χ2v) is 7.46. The number of benzene rings is 1. The molecule has 0 radical (unpaired) electrons. The molecular formula is C22H40N2. The molecule has 0 saturated carbocycles. The van der Waals surface area contributed by atoms with Crippen LogP contribution in [0.2, 0.25) is 0 Å². The van der Waals surface area contributed by atoms with Gasteiger partial charge in [0.1, 0.15) is 0 Å². The number of rotatable bonds is 13. The van der Waals surface area contributed by atoms with Crippen LogP contribution in [-0.2, 0) is 12.8 Å². The van der Waals surface area contributed by atoms with E-state index in [1.807, 2.05) is 0 Å². The zero-order chi connectivity index (χ0) is 17.8. The highest BCUT2D eigenvalue weighted by molar-refractivity contribution is 5.40. The molecule has 0 unspecified atom stereocenters. The normalized spacial score (nSPS) is 11.4. The molecule has 24 heavy (non-hydrogen) atoms. The van der Waals surface area contributed by atoms with Gasteiger partial charge in [-0.05, 0) is 48.9 Å². The van der Waals surface area contributed by atoms with Crippen LogP contribution >= 0.6 is 0 Å². The lowest BCUT2D eigenvalue weighted by atomic mass is 9.90. The van der Waals surface area contributed by atoms with E-state index in [1.165, 1.54) is 92.9 Å². The lowest BCUT2D eigenvalue weighted by molar-refractivity contribution is 0.555. The van der Waals surface area contributed by atoms with Crippen molar-refractivity contribution in [1.29, 1.82) is 0 Å². The van der Waals surface area contributed by atoms with Crippen molar-refractivity contribution in [3.05, 3.63) is 34.4 Å². The van der Waals surface area contributed by atoms with Crippen molar-refractivity contribution in [3.63, 3.8) is 0 Å². The Labute approximate surface area is 150 Å². The molecule has 2 heteroatoms. The second kappa shape index (κ2) is 12.5. The van der Waals surface area contributed by atoms with Crippen molar-refractivity contribution in [2.75, 3.05) is 0 Å². The van der Waals surface area contributed by atoms with E-state index < -0.39 is 0 Å². The van der Waals surface area contributed by atoms with Gasteiger partial charge in [0, 0.05) is 6.42 Å². The van der Waals surface area contributed by atoms with Gasteiger partial charge in [0.05, 0.1) is 6.17 Å². The first kappa shape index (κ1) is 21.2. The van der Waals surface area contributed by atoms with Gasteiger partial charge in [-0.2, -0.15) is 0 Å². The molecule has 0 bridgehead atoms. The zero-order valence-electron chi connectivity index (χ0n) is 16.4. The van der Waals surface area contributed by atoms with Crippen LogP contribution in [0.25, 0.3) is 0 Å². The average molecular weight is 333 g/mol. The fraction of sp³-hybridized carbons (Fsp3) is 0.727. The first-order chi connectivity index (χ1) is 11.6. The van der Waals surface area contributed by atoms with Crippen molar-refractivity contribution in [2.45, 2.75) is 104 Å². The van der Waals surface area contributed by atoms with Gasteiger partial charge in [0.15, 0.2) is 0 Å². The molecule has 0 aliphatic carbocycles. The Hall–Kier alpha value is -0.860. The van der Waals surface area contributed by atoms with Gasteiger partial charge < -0.3 is 11.5 Å². The maximum absolute atomic E-state index is 5.84. The third-order valence-corrected chi connectivity index (χ3v) is 5.12. The summed E-state index contributed by atoms with van der Waals surface area (Å²) < 4.78 is 0. The third-order valence-electron chi connectivity index (χ3n) is 5.12. The predicted molar refractivity (Wildman–Crippen MR) is 107 cm³/mol. The van der Waals surface area contributed by atoms with Crippen LogP contribution in [0.1, 0.15) is 93.4 Å². The maximum atomic E-state index is 5.84. The molecule has 0 aromatic heterocycles. The molecule has 1 aromatic rings. The second-order valence-electron chi connectivity index (χ2n) is 7.46. The van der Waals surface area contributed by atoms with Crippen LogP contribution in [0.5, 0.6) is 0 Å². The van der Waals surface area contributed by atoms with Crippen LogP contribution in [0.15, 0.2) is 12.1 Å². The summed E-state index contributed by atoms with van der Waals surface area (Å²) in [5, 5.41) is 0. The van der Waals surface area contributed by atoms with Crippen molar-refractivity contribution >= 4 is 0 Å². The Kier molecular flexibility index (Phi) is 11.0. The monoisotopic (exact) mass is 332 g/mol. The first-order valence-electron chi connectivity index (χ1n) is 10.1. The summed E-state index contributed by atoms with van der Waals surface area (Å²) in [5.74, 6) is 0. The molecule has 138 valence electrons. The summed E-state index contributed by atoms with van der Waals surface area (Å²) in [6.45, 7) is 6.68. The number of unbranched alkanes of at least 4 members (excludes halogenated alkanes) is 9. The van der Waals surface area contributed by atoms with E-state index in [4.69, 9.17) is 11.5 Å². The van der Waals surface area contributed by atoms with Gasteiger partial charge >= 0.3 is 0 Å². The van der Waals surface area contributed by atoms with Crippen molar-refractivity contribution in [1.82, 2.24) is 0 Å². The van der Waals surface area contributed by atoms with Gasteiger partial charge in [0.2, 0.25) is 0 Å². The number of hydrogen-bond donors (Lipinski definition) is 2. The molecule has 0 fully saturated rings. The molecule has 0 heterocycles. The lowest BCUT2D eigenvalue weighted by Crippen LogP contribution is -2.33. The minimum absolute atomic E-state index is 0.253. The molecule has 0 spiro atoms. The van der Waals surface area contributed by atoms with Crippen LogP contribution < -0.4 is 11.5 Å². The maximum Gasteiger partial charge on any atom is 0.0562 e. The van der Waals surface area contributed by atoms with Crippen molar-refractivity contribution < 1.29 is 0 Å². The summed E-state index contributed by atoms with van der Waals surface area (Å²) in [4.78, 5) is 0. The van der Waals surface area contributed by atoms with Crippen molar-refractivity contribution in [3.8, 4) is 0 Å². The largest absolute Gasteiger partial charge is 0.316 e. The molecule has 2 nitrogen and oxygen atoms in total. The quantitative estimate of drug-likeness (QED) is 0.367. The van der Waals surface area contributed by atoms with E-state index in [0.717, 1.165) is 6.42 Å². The van der Waals surface area contributed by atoms with Gasteiger partial charge in [-0.15, -0.1) is 0 Å². The number of nitrogens with two attached hydrogens (primary N) is 2. The molecule has 1 aromatic carbocycles. The third kappa shape index (κ3) is 8.30. The highest BCUT2D eigenvalue weighted by Gasteiger charge is 2.10. The molecule has 0 aliphatic heterocycles. The fourth-order valence-electron chi connectivity index (χ4n) is 3.58. The van der Waals surface area contributed by atoms with E-state index in [1.54, 1.807) is 0 Å². The Balaban J connectivity index is 2.28. The van der Waals surface area contributed by atoms with E-state index >= 15 is 0 Å². The molecule has 0 amide bonds. The van der Waals surface area contributed by atoms with Gasteiger partial charge in [0.25, 0.3) is 0 Å². The highest BCUT2D eigenvalue weighted by Crippen LogP contribution is 2.22. The molecule has 4 N–H and O–H groups in total. The number of aryl methyl sites for hydroxylation is 2. The Morgan fingerprint density at radius 3 is 1.67 bits per heavy atom. The van der Waals surface area contributed by atoms with Crippen LogP contribution in [0.3, 0.4) is 0 Å². The standard InChI is InChI=1S/C22H40N2/c1-4-5-6-7-8-9-10-11-12-13-14-20-18(2)15-16-19(3)21(20)17-22(23)24/h15-16,22H,4-14,17,23-24H2,1-3H3. The minimum Gasteiger partial charge on any atom is -0.316 e. The van der Waals surface area contributed by atoms with Gasteiger partial charge in [-0.1, -0.05) is 76.8 Å². The summed E-state index contributed by atoms with van der Waals surface area (Å²) >= 11 is 0. The van der Waals surface area contributed by atoms with Gasteiger partial charge in [-0.25, -0.2) is 0 Å². The zero-order valence-corrected chi connectivity index (χ0v) is 16.4. The van der Waals surface area contributed by atoms with Crippen LogP contribution in [0, 0.1) is 13.8 Å². The van der Waals surface area contributed by atoms with E-state index in [9.17, 15) is 0 Å². The topological polar surface area (TPSA) is 52.0 Å². The summed E-state index contributed by atoms with van der Waals surface area (Å²) in [6.07, 6.45) is 15.6. The SMILES string of the molecule is CCCCCCCCCCCCc1c(C)ccc(C)c1CC(N)N. The Bertz CT molecular complexity index is 452. The summed E-state index contributed by atoms with van der Waals surface area (Å²) in [7, 11) is 0. The molecule has 0 atom stereocenters. The summed E-state index contributed by atoms with van der Waals surface area (Å²) in [5.41, 5.74) is 17.3. The molecule has 1 rings (SSSR count). The number of hydrogen-bond acceptors (Lipinski definition) is 2. The average Bonchev–Trinajstić information content (AvgIpc) is 2.54. The Morgan fingerprint density at radius 2 is 1.17 bits per heavy atom. The molecule has 0 aliphatic rings. The Morgan fingerprint density at radius 1 is 0.708 bits per heavy atom. The molecule has 0 saturated heterocycles. The van der Waals surface area contributed by atoms with Gasteiger partial charge in [-0.3, -0.25) is 0 Å². The first-order valence-corrected chi connectivity index (χ1v) is 10.1. The van der Waals surface area contributed by atoms with E-state index in [0.29, 0.717) is 0 Å².